The van der Waals surface area contributed by atoms with Crippen molar-refractivity contribution in [2.75, 3.05) is 67.5 Å². The topological polar surface area (TPSA) is 198 Å². The number of nitrogens with zero attached hydrogens (tertiary/aromatic N) is 1. The van der Waals surface area contributed by atoms with E-state index in [2.05, 4.69) is 31.0 Å². The average molecular weight is 787 g/mol. The minimum absolute atomic E-state index is 0.0884. The first-order chi connectivity index (χ1) is 26.7. The molecule has 0 aliphatic rings. The van der Waals surface area contributed by atoms with E-state index in [0.717, 1.165) is 17.2 Å². The minimum atomic E-state index is -3.65. The van der Waals surface area contributed by atoms with Crippen LogP contribution >= 0.6 is 0 Å². The van der Waals surface area contributed by atoms with Gasteiger partial charge in [0.05, 0.1) is 62.9 Å². The molecule has 6 N–H and O–H groups in total. The van der Waals surface area contributed by atoms with E-state index in [1.54, 1.807) is 60.8 Å². The van der Waals surface area contributed by atoms with Gasteiger partial charge in [-0.05, 0) is 53.4 Å². The second kappa shape index (κ2) is 18.0. The molecule has 3 amide bonds. The van der Waals surface area contributed by atoms with Gasteiger partial charge in [0.15, 0.2) is 5.75 Å². The van der Waals surface area contributed by atoms with E-state index < -0.39 is 16.1 Å². The molecule has 0 atom stereocenters. The molecule has 1 aromatic heterocycles. The Kier molecular flexibility index (Phi) is 13.2. The number of sulfonamides is 1. The first kappa shape index (κ1) is 41.1. The highest BCUT2D eigenvalue weighted by molar-refractivity contribution is 7.92. The predicted molar refractivity (Wildman–Crippen MR) is 218 cm³/mol. The van der Waals surface area contributed by atoms with Gasteiger partial charge in [0.25, 0.3) is 5.91 Å². The summed E-state index contributed by atoms with van der Waals surface area (Å²) in [6.45, 7) is 6.59. The Balaban J connectivity index is 1.32. The highest BCUT2D eigenvalue weighted by Crippen LogP contribution is 2.40. The van der Waals surface area contributed by atoms with E-state index in [9.17, 15) is 18.0 Å². The zero-order valence-corrected chi connectivity index (χ0v) is 32.8. The third kappa shape index (κ3) is 10.8. The van der Waals surface area contributed by atoms with Gasteiger partial charge in [-0.25, -0.2) is 18.2 Å². The van der Waals surface area contributed by atoms with Crippen LogP contribution in [0.1, 0.15) is 36.7 Å². The molecule has 0 bridgehead atoms. The number of benzene rings is 4. The van der Waals surface area contributed by atoms with Gasteiger partial charge < -0.3 is 45.3 Å². The van der Waals surface area contributed by atoms with Crippen LogP contribution in [0.25, 0.3) is 10.8 Å². The zero-order valence-electron chi connectivity index (χ0n) is 32.0. The van der Waals surface area contributed by atoms with Gasteiger partial charge in [0.1, 0.15) is 23.1 Å². The van der Waals surface area contributed by atoms with E-state index in [1.807, 2.05) is 45.0 Å². The second-order valence-corrected chi connectivity index (χ2v) is 15.3. The molecule has 5 aromatic rings. The third-order valence-corrected chi connectivity index (χ3v) is 8.87. The summed E-state index contributed by atoms with van der Waals surface area (Å²) in [4.78, 5) is 30.6. The predicted octanol–water partition coefficient (Wildman–Crippen LogP) is 6.84. The van der Waals surface area contributed by atoms with Gasteiger partial charge in [-0.3, -0.25) is 9.52 Å². The number of pyridine rings is 1. The summed E-state index contributed by atoms with van der Waals surface area (Å²) in [7, 11) is -0.772. The van der Waals surface area contributed by atoms with Crippen LogP contribution in [0.4, 0.5) is 33.4 Å². The Bertz CT molecular complexity index is 2310. The Morgan fingerprint density at radius 1 is 0.821 bits per heavy atom. The maximum atomic E-state index is 13.5. The number of hydrogen-bond acceptors (Lipinski definition) is 11. The molecule has 4 aromatic carbocycles. The van der Waals surface area contributed by atoms with Crippen LogP contribution in [0, 0.1) is 0 Å². The SMILES string of the molecule is COc1cc(Nc2cc(Oc3ccc(NC(=O)Nc4cc(C(C)(C)C)cc(NS(C)(=O)=O)c4OC)c4ccccc34)ccn2)ccc1C(=O)NCCOCCO. The molecule has 1 heterocycles. The third-order valence-electron chi connectivity index (χ3n) is 8.28. The van der Waals surface area contributed by atoms with Crippen LogP contribution in [-0.2, 0) is 20.2 Å². The second-order valence-electron chi connectivity index (χ2n) is 13.6. The highest BCUT2D eigenvalue weighted by Gasteiger charge is 2.23. The fourth-order valence-corrected chi connectivity index (χ4v) is 6.22. The summed E-state index contributed by atoms with van der Waals surface area (Å²) in [5, 5.41) is 22.0. The fraction of sp³-hybridized carbons (Fsp3) is 0.275. The molecule has 0 fully saturated rings. The van der Waals surface area contributed by atoms with Gasteiger partial charge in [-0.1, -0.05) is 45.0 Å². The van der Waals surface area contributed by atoms with Crippen LogP contribution in [0.2, 0.25) is 0 Å². The van der Waals surface area contributed by atoms with Crippen molar-refractivity contribution in [3.05, 3.63) is 96.2 Å². The Hall–Kier alpha value is -6.10. The van der Waals surface area contributed by atoms with Gasteiger partial charge >= 0.3 is 6.03 Å². The van der Waals surface area contributed by atoms with Crippen molar-refractivity contribution in [3.63, 3.8) is 0 Å². The summed E-state index contributed by atoms with van der Waals surface area (Å²) >= 11 is 0. The molecule has 0 aliphatic heterocycles. The Morgan fingerprint density at radius 2 is 1.55 bits per heavy atom. The van der Waals surface area contributed by atoms with Crippen LogP contribution in [0.3, 0.4) is 0 Å². The molecule has 5 rings (SSSR count). The van der Waals surface area contributed by atoms with Crippen molar-refractivity contribution in [2.45, 2.75) is 26.2 Å². The maximum absolute atomic E-state index is 13.5. The van der Waals surface area contributed by atoms with Crippen molar-refractivity contribution < 1.29 is 42.1 Å². The lowest BCUT2D eigenvalue weighted by Gasteiger charge is -2.24. The quantitative estimate of drug-likeness (QED) is 0.0573. The summed E-state index contributed by atoms with van der Waals surface area (Å²) < 4.78 is 49.3. The van der Waals surface area contributed by atoms with Crippen molar-refractivity contribution in [2.24, 2.45) is 0 Å². The molecule has 16 heteroatoms. The van der Waals surface area contributed by atoms with Crippen LogP contribution in [0.5, 0.6) is 23.0 Å². The average Bonchev–Trinajstić information content (AvgIpc) is 3.14. The smallest absolute Gasteiger partial charge is 0.323 e. The van der Waals surface area contributed by atoms with Gasteiger partial charge in [-0.2, -0.15) is 0 Å². The van der Waals surface area contributed by atoms with E-state index in [-0.39, 0.29) is 54.8 Å². The highest BCUT2D eigenvalue weighted by atomic mass is 32.2. The number of anilines is 5. The molecule has 15 nitrogen and oxygen atoms in total. The molecule has 0 saturated heterocycles. The van der Waals surface area contributed by atoms with E-state index >= 15 is 0 Å². The summed E-state index contributed by atoms with van der Waals surface area (Å²) in [5.74, 6) is 1.68. The summed E-state index contributed by atoms with van der Waals surface area (Å²) in [6.07, 6.45) is 2.64. The number of carbonyl (C=O) groups is 2. The lowest BCUT2D eigenvalue weighted by molar-refractivity contribution is 0.0836. The molecule has 0 spiro atoms. The number of rotatable bonds is 16. The number of aliphatic hydroxyl groups is 1. The molecule has 0 radical (unpaired) electrons. The van der Waals surface area contributed by atoms with Crippen molar-refractivity contribution in [3.8, 4) is 23.0 Å². The van der Waals surface area contributed by atoms with Crippen LogP contribution in [0.15, 0.2) is 85.1 Å². The molecule has 0 unspecified atom stereocenters. The monoisotopic (exact) mass is 786 g/mol. The molecule has 0 saturated carbocycles. The van der Waals surface area contributed by atoms with E-state index in [0.29, 0.717) is 45.4 Å². The normalized spacial score (nSPS) is 11.4. The number of urea groups is 1. The molecule has 0 aliphatic carbocycles. The number of amides is 3. The largest absolute Gasteiger partial charge is 0.496 e. The number of fused-ring (bicyclic) bond motifs is 1. The molecular formula is C40H46N6O9S. The lowest BCUT2D eigenvalue weighted by Crippen LogP contribution is -2.28. The van der Waals surface area contributed by atoms with Gasteiger partial charge in [0.2, 0.25) is 10.0 Å². The van der Waals surface area contributed by atoms with Crippen LogP contribution < -0.4 is 40.2 Å². The number of aliphatic hydroxyl groups excluding tert-OH is 1. The first-order valence-electron chi connectivity index (χ1n) is 17.5. The minimum Gasteiger partial charge on any atom is -0.496 e. The van der Waals surface area contributed by atoms with Crippen molar-refractivity contribution in [1.29, 1.82) is 0 Å². The summed E-state index contributed by atoms with van der Waals surface area (Å²) in [5.41, 5.74) is 2.36. The Labute approximate surface area is 325 Å². The molecule has 296 valence electrons. The fourth-order valence-electron chi connectivity index (χ4n) is 5.67. The maximum Gasteiger partial charge on any atom is 0.323 e. The van der Waals surface area contributed by atoms with E-state index in [1.165, 1.54) is 14.2 Å². The number of aromatic nitrogens is 1. The zero-order chi connectivity index (χ0) is 40.5. The Morgan fingerprint density at radius 3 is 2.25 bits per heavy atom. The first-order valence-corrected chi connectivity index (χ1v) is 19.4. The number of methoxy groups -OCH3 is 2. The molecule has 56 heavy (non-hydrogen) atoms. The van der Waals surface area contributed by atoms with Crippen molar-refractivity contribution in [1.82, 2.24) is 10.3 Å². The van der Waals surface area contributed by atoms with E-state index in [4.69, 9.17) is 24.1 Å². The number of ether oxygens (including phenoxy) is 4. The van der Waals surface area contributed by atoms with Crippen molar-refractivity contribution >= 4 is 61.3 Å². The van der Waals surface area contributed by atoms with Gasteiger partial charge in [-0.15, -0.1) is 0 Å². The number of hydrogen-bond donors (Lipinski definition) is 6. The van der Waals surface area contributed by atoms with Crippen LogP contribution in [-0.4, -0.2) is 77.3 Å². The standard InChI is InChI=1S/C40H46N6O9S/c1-40(2,3)25-21-32(37(53-5)33(22-25)46-56(6,50)51)45-39(49)44-31-13-14-34(29-10-8-7-9-28(29)31)55-27-15-16-41-36(24-27)43-26-11-12-30(35(23-26)52-4)38(48)42-17-19-54-20-18-47/h7-16,21-24,46-47H,17-20H2,1-6H3,(H,41,43)(H,42,48)(H2,44,45,49). The lowest BCUT2D eigenvalue weighted by atomic mass is 9.86. The van der Waals surface area contributed by atoms with Gasteiger partial charge in [0, 0.05) is 41.3 Å². The molecular weight excluding hydrogens is 741 g/mol. The summed E-state index contributed by atoms with van der Waals surface area (Å²) in [6, 6.07) is 22.3. The number of carbonyl (C=O) groups excluding carboxylic acids is 2. The number of nitrogens with one attached hydrogen (secondary N) is 5.